The van der Waals surface area contributed by atoms with Gasteiger partial charge in [0.1, 0.15) is 48.6 Å². The number of carbonyl (C=O) groups is 1. The standard InChI is InChI=1S/C25H33IO6/c1-24(2)7-4-8-25(3)21(24)5-6-22(25)32-23(27)17-9-18(26)20(31-14-16-12-29-16)10-19(17)30-13-15-11-28-15/h9-10,15-16,21-22H,4-8,11-14H2,1-3H3/t15?,16?,21-,22-,25-/m0/s1. The lowest BCUT2D eigenvalue weighted by Gasteiger charge is -2.49. The van der Waals surface area contributed by atoms with Gasteiger partial charge in [0.25, 0.3) is 0 Å². The van der Waals surface area contributed by atoms with Crippen molar-refractivity contribution in [2.45, 2.75) is 71.2 Å². The van der Waals surface area contributed by atoms with Crippen molar-refractivity contribution in [3.63, 3.8) is 0 Å². The van der Waals surface area contributed by atoms with E-state index >= 15 is 0 Å². The van der Waals surface area contributed by atoms with E-state index in [1.165, 1.54) is 12.8 Å². The first kappa shape index (κ1) is 22.7. The van der Waals surface area contributed by atoms with E-state index in [-0.39, 0.29) is 29.7 Å². The molecule has 0 aromatic heterocycles. The first-order chi connectivity index (χ1) is 15.3. The van der Waals surface area contributed by atoms with E-state index in [2.05, 4.69) is 43.4 Å². The molecule has 2 unspecified atom stereocenters. The molecule has 5 rings (SSSR count). The van der Waals surface area contributed by atoms with E-state index in [1.807, 2.05) is 12.1 Å². The number of halogens is 1. The van der Waals surface area contributed by atoms with Crippen LogP contribution in [0.1, 0.15) is 63.2 Å². The van der Waals surface area contributed by atoms with Crippen LogP contribution >= 0.6 is 22.6 Å². The molecule has 2 aliphatic carbocycles. The lowest BCUT2D eigenvalue weighted by Crippen LogP contribution is -2.44. The summed E-state index contributed by atoms with van der Waals surface area (Å²) >= 11 is 2.21. The molecule has 2 aliphatic heterocycles. The summed E-state index contributed by atoms with van der Waals surface area (Å²) in [6, 6.07) is 3.64. The van der Waals surface area contributed by atoms with Crippen molar-refractivity contribution < 1.29 is 28.5 Å². The van der Waals surface area contributed by atoms with Gasteiger partial charge < -0.3 is 23.7 Å². The molecule has 5 atom stereocenters. The summed E-state index contributed by atoms with van der Waals surface area (Å²) in [4.78, 5) is 13.4. The zero-order valence-electron chi connectivity index (χ0n) is 19.2. The van der Waals surface area contributed by atoms with E-state index in [0.29, 0.717) is 48.2 Å². The normalized spacial score (nSPS) is 34.5. The number of epoxide rings is 2. The van der Waals surface area contributed by atoms with Gasteiger partial charge in [-0.25, -0.2) is 4.79 Å². The van der Waals surface area contributed by atoms with Crippen molar-refractivity contribution in [3.8, 4) is 11.5 Å². The number of rotatable bonds is 8. The van der Waals surface area contributed by atoms with Crippen LogP contribution in [0.4, 0.5) is 0 Å². The Morgan fingerprint density at radius 1 is 1.03 bits per heavy atom. The van der Waals surface area contributed by atoms with Crippen molar-refractivity contribution in [1.29, 1.82) is 0 Å². The number of ether oxygens (including phenoxy) is 5. The Morgan fingerprint density at radius 2 is 1.69 bits per heavy atom. The number of hydrogen-bond donors (Lipinski definition) is 0. The molecule has 7 heteroatoms. The molecule has 1 aromatic carbocycles. The van der Waals surface area contributed by atoms with E-state index in [1.54, 1.807) is 0 Å². The van der Waals surface area contributed by atoms with Gasteiger partial charge >= 0.3 is 5.97 Å². The smallest absolute Gasteiger partial charge is 0.342 e. The second-order valence-corrected chi connectivity index (χ2v) is 11.8. The van der Waals surface area contributed by atoms with Crippen LogP contribution in [0.5, 0.6) is 11.5 Å². The second-order valence-electron chi connectivity index (χ2n) is 10.7. The van der Waals surface area contributed by atoms with Gasteiger partial charge in [0.15, 0.2) is 0 Å². The first-order valence-corrected chi connectivity index (χ1v) is 12.9. The van der Waals surface area contributed by atoms with Crippen molar-refractivity contribution in [3.05, 3.63) is 21.3 Å². The fourth-order valence-corrected chi connectivity index (χ4v) is 6.55. The minimum Gasteiger partial charge on any atom is -0.490 e. The summed E-state index contributed by atoms with van der Waals surface area (Å²) < 4.78 is 29.5. The topological polar surface area (TPSA) is 69.8 Å². The molecule has 6 nitrogen and oxygen atoms in total. The lowest BCUT2D eigenvalue weighted by atomic mass is 9.57. The molecule has 0 spiro atoms. The van der Waals surface area contributed by atoms with E-state index < -0.39 is 0 Å². The van der Waals surface area contributed by atoms with Gasteiger partial charge in [-0.15, -0.1) is 0 Å². The largest absolute Gasteiger partial charge is 0.490 e. The van der Waals surface area contributed by atoms with Gasteiger partial charge in [-0.1, -0.05) is 27.2 Å². The third-order valence-electron chi connectivity index (χ3n) is 7.89. The number of esters is 1. The van der Waals surface area contributed by atoms with Gasteiger partial charge in [0, 0.05) is 11.5 Å². The molecular formula is C25H33IO6. The SMILES string of the molecule is CC1(C)CCC[C@]2(C)[C@@H](OC(=O)c3cc(I)c(OCC4CO4)cc3OCC3CO3)CC[C@@H]12. The predicted octanol–water partition coefficient (Wildman–Crippen LogP) is 5.00. The van der Waals surface area contributed by atoms with Crippen LogP contribution in [0.3, 0.4) is 0 Å². The van der Waals surface area contributed by atoms with Crippen LogP contribution in [0.25, 0.3) is 0 Å². The minimum atomic E-state index is -0.304. The second kappa shape index (κ2) is 8.62. The highest BCUT2D eigenvalue weighted by Crippen LogP contribution is 2.60. The Bertz CT molecular complexity index is 877. The average Bonchev–Trinajstić information content (AvgIpc) is 3.65. The van der Waals surface area contributed by atoms with E-state index in [0.717, 1.165) is 29.4 Å². The molecule has 0 radical (unpaired) electrons. The average molecular weight is 556 g/mol. The van der Waals surface area contributed by atoms with Crippen LogP contribution in [0.2, 0.25) is 0 Å². The Morgan fingerprint density at radius 3 is 2.34 bits per heavy atom. The summed E-state index contributed by atoms with van der Waals surface area (Å²) in [5.41, 5.74) is 0.805. The van der Waals surface area contributed by atoms with Crippen LogP contribution in [-0.2, 0) is 14.2 Å². The Kier molecular flexibility index (Phi) is 6.12. The molecule has 2 saturated carbocycles. The highest BCUT2D eigenvalue weighted by molar-refractivity contribution is 14.1. The van der Waals surface area contributed by atoms with Gasteiger partial charge in [0.2, 0.25) is 0 Å². The Labute approximate surface area is 203 Å². The molecular weight excluding hydrogens is 523 g/mol. The van der Waals surface area contributed by atoms with Gasteiger partial charge in [-0.05, 0) is 65.7 Å². The van der Waals surface area contributed by atoms with Crippen molar-refractivity contribution in [2.75, 3.05) is 26.4 Å². The number of hydrogen-bond acceptors (Lipinski definition) is 6. The summed E-state index contributed by atoms with van der Waals surface area (Å²) in [6.07, 6.45) is 5.82. The molecule has 1 aromatic rings. The third kappa shape index (κ3) is 4.62. The summed E-state index contributed by atoms with van der Waals surface area (Å²) in [7, 11) is 0. The van der Waals surface area contributed by atoms with Crippen molar-refractivity contribution >= 4 is 28.6 Å². The first-order valence-electron chi connectivity index (χ1n) is 11.8. The van der Waals surface area contributed by atoms with Crippen LogP contribution in [0.15, 0.2) is 12.1 Å². The maximum absolute atomic E-state index is 13.4. The van der Waals surface area contributed by atoms with Crippen LogP contribution in [0, 0.1) is 20.3 Å². The molecule has 0 bridgehead atoms. The molecule has 2 heterocycles. The fourth-order valence-electron chi connectivity index (χ4n) is 5.92. The molecule has 4 aliphatic rings. The number of benzene rings is 1. The number of carbonyl (C=O) groups excluding carboxylic acids is 1. The quantitative estimate of drug-likeness (QED) is 0.255. The third-order valence-corrected chi connectivity index (χ3v) is 8.73. The summed E-state index contributed by atoms with van der Waals surface area (Å²) in [5, 5.41) is 0. The maximum Gasteiger partial charge on any atom is 0.342 e. The highest BCUT2D eigenvalue weighted by Gasteiger charge is 2.55. The Balaban J connectivity index is 1.35. The van der Waals surface area contributed by atoms with Gasteiger partial charge in [-0.3, -0.25) is 0 Å². The van der Waals surface area contributed by atoms with E-state index in [9.17, 15) is 4.79 Å². The minimum absolute atomic E-state index is 0.0424. The lowest BCUT2D eigenvalue weighted by molar-refractivity contribution is -0.0549. The van der Waals surface area contributed by atoms with E-state index in [4.69, 9.17) is 23.7 Å². The predicted molar refractivity (Wildman–Crippen MR) is 127 cm³/mol. The zero-order valence-corrected chi connectivity index (χ0v) is 21.3. The fraction of sp³-hybridized carbons (Fsp3) is 0.720. The highest BCUT2D eigenvalue weighted by atomic mass is 127. The van der Waals surface area contributed by atoms with Crippen molar-refractivity contribution in [2.24, 2.45) is 16.7 Å². The number of fused-ring (bicyclic) bond motifs is 1. The monoisotopic (exact) mass is 556 g/mol. The molecule has 2 saturated heterocycles. The maximum atomic E-state index is 13.4. The molecule has 0 N–H and O–H groups in total. The summed E-state index contributed by atoms with van der Waals surface area (Å²) in [5.74, 6) is 1.49. The molecule has 32 heavy (non-hydrogen) atoms. The molecule has 4 fully saturated rings. The van der Waals surface area contributed by atoms with Gasteiger partial charge in [0.05, 0.1) is 16.8 Å². The Hall–Kier alpha value is -1.06. The zero-order chi connectivity index (χ0) is 22.5. The molecule has 176 valence electrons. The van der Waals surface area contributed by atoms with Crippen LogP contribution < -0.4 is 9.47 Å². The van der Waals surface area contributed by atoms with Crippen LogP contribution in [-0.4, -0.2) is 50.7 Å². The van der Waals surface area contributed by atoms with Crippen molar-refractivity contribution in [1.82, 2.24) is 0 Å². The van der Waals surface area contributed by atoms with Gasteiger partial charge in [-0.2, -0.15) is 0 Å². The summed E-state index contributed by atoms with van der Waals surface area (Å²) in [6.45, 7) is 9.43. The molecule has 0 amide bonds.